The molecule has 3 unspecified atom stereocenters. The highest BCUT2D eigenvalue weighted by molar-refractivity contribution is 7.99. The third-order valence-corrected chi connectivity index (χ3v) is 5.43. The molecular weight excluding hydrogens is 224 g/mol. The summed E-state index contributed by atoms with van der Waals surface area (Å²) in [6.07, 6.45) is 9.20. The third kappa shape index (κ3) is 1.87. The summed E-state index contributed by atoms with van der Waals surface area (Å²) in [5.74, 6) is 3.22. The Bertz CT molecular complexity index is 484. The molecule has 0 nitrogen and oxygen atoms in total. The fraction of sp³-hybridized carbons (Fsp3) is 0.375. The van der Waals surface area contributed by atoms with Crippen LogP contribution < -0.4 is 0 Å². The number of fused-ring (bicyclic) bond motifs is 2. The molecule has 3 atom stereocenters. The first-order valence-electron chi connectivity index (χ1n) is 6.34. The standard InChI is InChI=1S/C16H18S/c1-11-6-5-9-15-12(2)14-8-4-3-7-13(14)10-17-16(11)15/h3-9,12-14H,10H2,1-2H3. The Morgan fingerprint density at radius 2 is 2.00 bits per heavy atom. The molecule has 0 N–H and O–H groups in total. The predicted octanol–water partition coefficient (Wildman–Crippen LogP) is 4.56. The van der Waals surface area contributed by atoms with Crippen molar-refractivity contribution in [1.29, 1.82) is 0 Å². The first-order valence-corrected chi connectivity index (χ1v) is 7.33. The van der Waals surface area contributed by atoms with E-state index in [4.69, 9.17) is 0 Å². The van der Waals surface area contributed by atoms with Gasteiger partial charge in [0.1, 0.15) is 0 Å². The van der Waals surface area contributed by atoms with Crippen LogP contribution in [0.5, 0.6) is 0 Å². The van der Waals surface area contributed by atoms with Gasteiger partial charge in [0.15, 0.2) is 0 Å². The number of rotatable bonds is 0. The maximum atomic E-state index is 2.40. The molecule has 1 aromatic rings. The minimum absolute atomic E-state index is 0.631. The van der Waals surface area contributed by atoms with Gasteiger partial charge in [-0.25, -0.2) is 0 Å². The van der Waals surface area contributed by atoms with Crippen molar-refractivity contribution in [3.63, 3.8) is 0 Å². The maximum Gasteiger partial charge on any atom is 0.0136 e. The van der Waals surface area contributed by atoms with Gasteiger partial charge in [0.2, 0.25) is 0 Å². The molecule has 17 heavy (non-hydrogen) atoms. The number of benzene rings is 1. The van der Waals surface area contributed by atoms with E-state index in [1.807, 2.05) is 11.8 Å². The molecule has 0 spiro atoms. The summed E-state index contributed by atoms with van der Waals surface area (Å²) in [6, 6.07) is 6.75. The van der Waals surface area contributed by atoms with Gasteiger partial charge in [-0.2, -0.15) is 0 Å². The topological polar surface area (TPSA) is 0 Å². The van der Waals surface area contributed by atoms with Gasteiger partial charge >= 0.3 is 0 Å². The third-order valence-electron chi connectivity index (χ3n) is 4.03. The van der Waals surface area contributed by atoms with Gasteiger partial charge in [-0.05, 0) is 35.8 Å². The van der Waals surface area contributed by atoms with E-state index in [1.54, 1.807) is 5.56 Å². The van der Waals surface area contributed by atoms with E-state index >= 15 is 0 Å². The van der Waals surface area contributed by atoms with Crippen molar-refractivity contribution < 1.29 is 0 Å². The molecule has 0 aromatic heterocycles. The summed E-state index contributed by atoms with van der Waals surface area (Å²) in [6.45, 7) is 4.62. The van der Waals surface area contributed by atoms with Crippen molar-refractivity contribution in [3.05, 3.63) is 53.6 Å². The highest BCUT2D eigenvalue weighted by Gasteiger charge is 2.30. The van der Waals surface area contributed by atoms with Crippen molar-refractivity contribution >= 4 is 11.8 Å². The largest absolute Gasteiger partial charge is 0.125 e. The highest BCUT2D eigenvalue weighted by Crippen LogP contribution is 2.44. The molecule has 1 aromatic carbocycles. The zero-order valence-corrected chi connectivity index (χ0v) is 11.2. The minimum Gasteiger partial charge on any atom is -0.125 e. The van der Waals surface area contributed by atoms with Crippen molar-refractivity contribution in [2.75, 3.05) is 5.75 Å². The Hall–Kier alpha value is -0.950. The Balaban J connectivity index is 2.07. The predicted molar refractivity (Wildman–Crippen MR) is 75.6 cm³/mol. The smallest absolute Gasteiger partial charge is 0.0136 e. The highest BCUT2D eigenvalue weighted by atomic mass is 32.2. The fourth-order valence-corrected chi connectivity index (χ4v) is 4.40. The molecule has 0 saturated carbocycles. The van der Waals surface area contributed by atoms with Gasteiger partial charge in [-0.15, -0.1) is 11.8 Å². The second-order valence-corrected chi connectivity index (χ2v) is 6.13. The summed E-state index contributed by atoms with van der Waals surface area (Å²) in [5, 5.41) is 0. The monoisotopic (exact) mass is 242 g/mol. The van der Waals surface area contributed by atoms with Crippen LogP contribution in [0.2, 0.25) is 0 Å². The molecule has 0 saturated heterocycles. The minimum atomic E-state index is 0.631. The molecule has 0 fully saturated rings. The summed E-state index contributed by atoms with van der Waals surface area (Å²) in [7, 11) is 0. The van der Waals surface area contributed by atoms with Crippen LogP contribution in [0, 0.1) is 18.8 Å². The molecule has 88 valence electrons. The Labute approximate surface area is 108 Å². The number of hydrogen-bond donors (Lipinski definition) is 0. The second kappa shape index (κ2) is 4.38. The Kier molecular flexibility index (Phi) is 2.87. The van der Waals surface area contributed by atoms with Crippen molar-refractivity contribution in [1.82, 2.24) is 0 Å². The summed E-state index contributed by atoms with van der Waals surface area (Å²) >= 11 is 2.04. The van der Waals surface area contributed by atoms with E-state index in [9.17, 15) is 0 Å². The maximum absolute atomic E-state index is 2.40. The van der Waals surface area contributed by atoms with Gasteiger partial charge in [0, 0.05) is 10.6 Å². The van der Waals surface area contributed by atoms with Gasteiger partial charge in [-0.3, -0.25) is 0 Å². The number of allylic oxidation sites excluding steroid dienone is 4. The average Bonchev–Trinajstić information content (AvgIpc) is 2.50. The SMILES string of the molecule is Cc1cccc2c1SCC1C=CC=CC1C2C. The molecule has 1 aliphatic heterocycles. The van der Waals surface area contributed by atoms with Gasteiger partial charge < -0.3 is 0 Å². The molecule has 3 rings (SSSR count). The molecule has 0 amide bonds. The van der Waals surface area contributed by atoms with Crippen LogP contribution in [-0.2, 0) is 0 Å². The van der Waals surface area contributed by atoms with E-state index in [-0.39, 0.29) is 0 Å². The van der Waals surface area contributed by atoms with E-state index in [2.05, 4.69) is 56.4 Å². The van der Waals surface area contributed by atoms with E-state index < -0.39 is 0 Å². The number of thioether (sulfide) groups is 1. The quantitative estimate of drug-likeness (QED) is 0.642. The van der Waals surface area contributed by atoms with E-state index in [0.717, 1.165) is 0 Å². The van der Waals surface area contributed by atoms with Crippen LogP contribution >= 0.6 is 11.8 Å². The lowest BCUT2D eigenvalue weighted by Gasteiger charge is -2.26. The van der Waals surface area contributed by atoms with Crippen LogP contribution in [0.4, 0.5) is 0 Å². The molecule has 0 bridgehead atoms. The van der Waals surface area contributed by atoms with Gasteiger partial charge in [-0.1, -0.05) is 49.4 Å². The van der Waals surface area contributed by atoms with Crippen molar-refractivity contribution in [2.45, 2.75) is 24.7 Å². The molecule has 1 heteroatoms. The molecule has 1 aliphatic carbocycles. The molecule has 1 heterocycles. The van der Waals surface area contributed by atoms with Gasteiger partial charge in [0.05, 0.1) is 0 Å². The first-order chi connectivity index (χ1) is 8.27. The zero-order valence-electron chi connectivity index (χ0n) is 10.4. The number of aryl methyl sites for hydroxylation is 1. The first kappa shape index (κ1) is 11.2. The lowest BCUT2D eigenvalue weighted by molar-refractivity contribution is 0.443. The van der Waals surface area contributed by atoms with Crippen molar-refractivity contribution in [3.8, 4) is 0 Å². The Morgan fingerprint density at radius 3 is 2.88 bits per heavy atom. The lowest BCUT2D eigenvalue weighted by atomic mass is 9.77. The number of hydrogen-bond acceptors (Lipinski definition) is 1. The molecule has 2 aliphatic rings. The van der Waals surface area contributed by atoms with Crippen LogP contribution in [0.15, 0.2) is 47.4 Å². The summed E-state index contributed by atoms with van der Waals surface area (Å²) in [4.78, 5) is 1.52. The zero-order chi connectivity index (χ0) is 11.8. The van der Waals surface area contributed by atoms with E-state index in [0.29, 0.717) is 17.8 Å². The normalized spacial score (nSPS) is 30.6. The Morgan fingerprint density at radius 1 is 1.18 bits per heavy atom. The van der Waals surface area contributed by atoms with Crippen LogP contribution in [0.25, 0.3) is 0 Å². The fourth-order valence-electron chi connectivity index (χ4n) is 2.99. The van der Waals surface area contributed by atoms with Crippen LogP contribution in [0.1, 0.15) is 24.0 Å². The molecular formula is C16H18S. The second-order valence-electron chi connectivity index (χ2n) is 5.10. The lowest BCUT2D eigenvalue weighted by Crippen LogP contribution is -2.18. The summed E-state index contributed by atoms with van der Waals surface area (Å²) in [5.41, 5.74) is 2.98. The van der Waals surface area contributed by atoms with E-state index in [1.165, 1.54) is 16.2 Å². The van der Waals surface area contributed by atoms with Gasteiger partial charge in [0.25, 0.3) is 0 Å². The average molecular weight is 242 g/mol. The summed E-state index contributed by atoms with van der Waals surface area (Å²) < 4.78 is 0. The van der Waals surface area contributed by atoms with Crippen LogP contribution in [0.3, 0.4) is 0 Å². The van der Waals surface area contributed by atoms with Crippen LogP contribution in [-0.4, -0.2) is 5.75 Å². The molecule has 0 radical (unpaired) electrons. The van der Waals surface area contributed by atoms with Crippen molar-refractivity contribution in [2.24, 2.45) is 11.8 Å².